The maximum absolute atomic E-state index is 12.0. The average Bonchev–Trinajstić information content (AvgIpc) is 3.04. The van der Waals surface area contributed by atoms with Gasteiger partial charge in [-0.05, 0) is 41.1 Å². The van der Waals surface area contributed by atoms with Gasteiger partial charge in [0, 0.05) is 26.7 Å². The van der Waals surface area contributed by atoms with Gasteiger partial charge in [0.25, 0.3) is 5.91 Å². The van der Waals surface area contributed by atoms with Crippen LogP contribution in [-0.2, 0) is 11.3 Å². The molecule has 21 heavy (non-hydrogen) atoms. The fourth-order valence-electron chi connectivity index (χ4n) is 1.69. The van der Waals surface area contributed by atoms with E-state index in [2.05, 4.69) is 21.2 Å². The number of amides is 2. The zero-order valence-electron chi connectivity index (χ0n) is 11.7. The third-order valence-electron chi connectivity index (χ3n) is 2.80. The van der Waals surface area contributed by atoms with Crippen molar-refractivity contribution in [3.05, 3.63) is 42.7 Å². The van der Waals surface area contributed by atoms with Crippen molar-refractivity contribution in [1.82, 2.24) is 10.2 Å². The van der Waals surface area contributed by atoms with E-state index in [9.17, 15) is 9.59 Å². The van der Waals surface area contributed by atoms with Gasteiger partial charge in [0.2, 0.25) is 5.91 Å². The van der Waals surface area contributed by atoms with Crippen LogP contribution in [0.1, 0.15) is 19.4 Å². The first kappa shape index (κ1) is 16.2. The molecule has 2 aromatic rings. The number of carbonyl (C=O) groups excluding carboxylic acids is 2. The Morgan fingerprint density at radius 2 is 2.14 bits per heavy atom. The summed E-state index contributed by atoms with van der Waals surface area (Å²) in [6, 6.07) is 5.65. The smallest absolute Gasteiger partial charge is 0.261 e. The lowest BCUT2D eigenvalue weighted by molar-refractivity contribution is -0.129. The van der Waals surface area contributed by atoms with Crippen LogP contribution in [-0.4, -0.2) is 30.3 Å². The molecule has 4 nitrogen and oxygen atoms in total. The monoisotopic (exact) mass is 386 g/mol. The average molecular weight is 387 g/mol. The van der Waals surface area contributed by atoms with Gasteiger partial charge < -0.3 is 10.2 Å². The highest BCUT2D eigenvalue weighted by Gasteiger charge is 2.13. The Hall–Kier alpha value is -1.18. The predicted molar refractivity (Wildman–Crippen MR) is 89.9 cm³/mol. The maximum atomic E-state index is 12.0. The summed E-state index contributed by atoms with van der Waals surface area (Å²) < 4.78 is 1.02. The molecule has 0 fully saturated rings. The molecule has 0 aromatic carbocycles. The van der Waals surface area contributed by atoms with Crippen molar-refractivity contribution in [3.8, 4) is 0 Å². The van der Waals surface area contributed by atoms with E-state index in [4.69, 9.17) is 0 Å². The van der Waals surface area contributed by atoms with Crippen LogP contribution in [0.3, 0.4) is 0 Å². The van der Waals surface area contributed by atoms with Crippen LogP contribution in [0.5, 0.6) is 0 Å². The van der Waals surface area contributed by atoms with Gasteiger partial charge in [0.05, 0.1) is 18.0 Å². The second-order valence-electron chi connectivity index (χ2n) is 4.57. The van der Waals surface area contributed by atoms with E-state index in [0.717, 1.165) is 14.2 Å². The predicted octanol–water partition coefficient (Wildman–Crippen LogP) is 3.27. The SMILES string of the molecule is Cc1ccc(C(=O)NCC(=O)N(C)Cc2cc(Br)cs2)s1. The number of carbonyl (C=O) groups is 2. The van der Waals surface area contributed by atoms with Gasteiger partial charge in [-0.25, -0.2) is 0 Å². The number of aryl methyl sites for hydroxylation is 1. The Kier molecular flexibility index (Phi) is 5.55. The zero-order chi connectivity index (χ0) is 15.4. The number of nitrogens with one attached hydrogen (secondary N) is 1. The second-order valence-corrected chi connectivity index (χ2v) is 7.77. The quantitative estimate of drug-likeness (QED) is 0.856. The number of hydrogen-bond donors (Lipinski definition) is 1. The van der Waals surface area contributed by atoms with E-state index < -0.39 is 0 Å². The van der Waals surface area contributed by atoms with Crippen molar-refractivity contribution in [3.63, 3.8) is 0 Å². The molecule has 0 radical (unpaired) electrons. The lowest BCUT2D eigenvalue weighted by Crippen LogP contribution is -2.37. The Balaban J connectivity index is 1.82. The Morgan fingerprint density at radius 1 is 1.38 bits per heavy atom. The minimum Gasteiger partial charge on any atom is -0.342 e. The minimum atomic E-state index is -0.200. The standard InChI is InChI=1S/C14H15BrN2O2S2/c1-9-3-4-12(21-9)14(19)16-6-13(18)17(2)7-11-5-10(15)8-20-11/h3-5,8H,6-7H2,1-2H3,(H,16,19). The minimum absolute atomic E-state index is 0.0127. The van der Waals surface area contributed by atoms with Crippen molar-refractivity contribution >= 4 is 50.4 Å². The van der Waals surface area contributed by atoms with Gasteiger partial charge in [-0.1, -0.05) is 0 Å². The number of nitrogens with zero attached hydrogens (tertiary/aromatic N) is 1. The molecule has 2 heterocycles. The molecule has 0 spiro atoms. The highest BCUT2D eigenvalue weighted by atomic mass is 79.9. The lowest BCUT2D eigenvalue weighted by Gasteiger charge is -2.16. The molecular weight excluding hydrogens is 372 g/mol. The molecule has 0 aliphatic heterocycles. The first-order valence-electron chi connectivity index (χ1n) is 6.27. The summed E-state index contributed by atoms with van der Waals surface area (Å²) in [4.78, 5) is 28.3. The van der Waals surface area contributed by atoms with Gasteiger partial charge in [-0.15, -0.1) is 22.7 Å². The highest BCUT2D eigenvalue weighted by Crippen LogP contribution is 2.20. The number of halogens is 1. The van der Waals surface area contributed by atoms with Gasteiger partial charge in [0.1, 0.15) is 0 Å². The molecule has 0 aliphatic carbocycles. The number of hydrogen-bond acceptors (Lipinski definition) is 4. The van der Waals surface area contributed by atoms with Gasteiger partial charge in [0.15, 0.2) is 0 Å². The van der Waals surface area contributed by atoms with E-state index in [1.54, 1.807) is 29.4 Å². The van der Waals surface area contributed by atoms with E-state index in [1.165, 1.54) is 11.3 Å². The number of thiophene rings is 2. The van der Waals surface area contributed by atoms with Crippen molar-refractivity contribution in [2.24, 2.45) is 0 Å². The fraction of sp³-hybridized carbons (Fsp3) is 0.286. The molecule has 1 N–H and O–H groups in total. The summed E-state index contributed by atoms with van der Waals surface area (Å²) in [5.74, 6) is -0.310. The van der Waals surface area contributed by atoms with Gasteiger partial charge >= 0.3 is 0 Å². The molecule has 0 bridgehead atoms. The van der Waals surface area contributed by atoms with Crippen LogP contribution in [0.25, 0.3) is 0 Å². The van der Waals surface area contributed by atoms with Crippen LogP contribution in [0.2, 0.25) is 0 Å². The van der Waals surface area contributed by atoms with Crippen molar-refractivity contribution in [1.29, 1.82) is 0 Å². The molecule has 0 saturated carbocycles. The molecule has 0 saturated heterocycles. The summed E-state index contributed by atoms with van der Waals surface area (Å²) in [7, 11) is 1.73. The third kappa shape index (κ3) is 4.66. The van der Waals surface area contributed by atoms with Crippen LogP contribution < -0.4 is 5.32 Å². The first-order valence-corrected chi connectivity index (χ1v) is 8.76. The van der Waals surface area contributed by atoms with E-state index in [0.29, 0.717) is 11.4 Å². The van der Waals surface area contributed by atoms with Gasteiger partial charge in [-0.3, -0.25) is 9.59 Å². The Labute approximate surface area is 139 Å². The third-order valence-corrected chi connectivity index (χ3v) is 5.49. The molecular formula is C14H15BrN2O2S2. The van der Waals surface area contributed by atoms with Crippen LogP contribution in [0.4, 0.5) is 0 Å². The molecule has 0 unspecified atom stereocenters. The largest absolute Gasteiger partial charge is 0.342 e. The molecule has 0 atom stereocenters. The normalized spacial score (nSPS) is 10.4. The molecule has 2 aromatic heterocycles. The molecule has 7 heteroatoms. The van der Waals surface area contributed by atoms with Crippen LogP contribution >= 0.6 is 38.6 Å². The van der Waals surface area contributed by atoms with Crippen molar-refractivity contribution in [2.45, 2.75) is 13.5 Å². The van der Waals surface area contributed by atoms with Crippen molar-refractivity contribution in [2.75, 3.05) is 13.6 Å². The summed E-state index contributed by atoms with van der Waals surface area (Å²) in [6.45, 7) is 2.50. The lowest BCUT2D eigenvalue weighted by atomic mass is 10.4. The summed E-state index contributed by atoms with van der Waals surface area (Å²) in [5.41, 5.74) is 0. The highest BCUT2D eigenvalue weighted by molar-refractivity contribution is 9.10. The Morgan fingerprint density at radius 3 is 2.71 bits per heavy atom. The topological polar surface area (TPSA) is 49.4 Å². The summed E-state index contributed by atoms with van der Waals surface area (Å²) in [5, 5.41) is 4.64. The van der Waals surface area contributed by atoms with E-state index >= 15 is 0 Å². The number of rotatable bonds is 5. The zero-order valence-corrected chi connectivity index (χ0v) is 14.9. The van der Waals surface area contributed by atoms with E-state index in [-0.39, 0.29) is 18.4 Å². The van der Waals surface area contributed by atoms with Crippen molar-refractivity contribution < 1.29 is 9.59 Å². The molecule has 2 rings (SSSR count). The molecule has 112 valence electrons. The van der Waals surface area contributed by atoms with E-state index in [1.807, 2.05) is 24.4 Å². The maximum Gasteiger partial charge on any atom is 0.261 e. The Bertz CT molecular complexity index is 651. The first-order chi connectivity index (χ1) is 9.95. The van der Waals surface area contributed by atoms with Crippen LogP contribution in [0, 0.1) is 6.92 Å². The van der Waals surface area contributed by atoms with Gasteiger partial charge in [-0.2, -0.15) is 0 Å². The fourth-order valence-corrected chi connectivity index (χ4v) is 3.98. The van der Waals surface area contributed by atoms with Crippen LogP contribution in [0.15, 0.2) is 28.1 Å². The molecule has 0 aliphatic rings. The second kappa shape index (κ2) is 7.20. The number of likely N-dealkylation sites (N-methyl/N-ethyl adjacent to an activating group) is 1. The summed E-state index contributed by atoms with van der Waals surface area (Å²) >= 11 is 6.40. The molecule has 2 amide bonds. The summed E-state index contributed by atoms with van der Waals surface area (Å²) in [6.07, 6.45) is 0.